The normalized spacial score (nSPS) is 15.7. The molecule has 1 saturated heterocycles. The third kappa shape index (κ3) is 5.02. The average molecular weight is 427 g/mol. The number of benzene rings is 2. The van der Waals surface area contributed by atoms with Gasteiger partial charge in [-0.05, 0) is 48.4 Å². The summed E-state index contributed by atoms with van der Waals surface area (Å²) in [6.45, 7) is 1.37. The summed E-state index contributed by atoms with van der Waals surface area (Å²) in [6.07, 6.45) is 1.03. The molecule has 1 heterocycles. The van der Waals surface area contributed by atoms with Crippen molar-refractivity contribution in [2.24, 2.45) is 0 Å². The Labute approximate surface area is 169 Å². The molecule has 144 valence electrons. The molecule has 0 N–H and O–H groups in total. The van der Waals surface area contributed by atoms with E-state index in [0.29, 0.717) is 36.0 Å². The number of sulfonamides is 1. The van der Waals surface area contributed by atoms with Crippen molar-refractivity contribution < 1.29 is 13.2 Å². The zero-order chi connectivity index (χ0) is 19.4. The fraction of sp³-hybridized carbons (Fsp3) is 0.316. The van der Waals surface area contributed by atoms with Gasteiger partial charge < -0.3 is 4.90 Å². The topological polar surface area (TPSA) is 57.7 Å². The third-order valence-electron chi connectivity index (χ3n) is 4.58. The maximum atomic E-state index is 12.7. The van der Waals surface area contributed by atoms with Crippen molar-refractivity contribution in [3.63, 3.8) is 0 Å². The van der Waals surface area contributed by atoms with Gasteiger partial charge in [-0.1, -0.05) is 35.3 Å². The first-order valence-electron chi connectivity index (χ1n) is 8.64. The molecule has 0 bridgehead atoms. The number of carbonyl (C=O) groups is 1. The van der Waals surface area contributed by atoms with Crippen LogP contribution in [0, 0.1) is 0 Å². The van der Waals surface area contributed by atoms with Gasteiger partial charge in [0.25, 0.3) is 0 Å². The quantitative estimate of drug-likeness (QED) is 0.735. The highest BCUT2D eigenvalue weighted by atomic mass is 35.5. The van der Waals surface area contributed by atoms with Crippen LogP contribution in [0.25, 0.3) is 0 Å². The highest BCUT2D eigenvalue weighted by Gasteiger charge is 2.29. The Kier molecular flexibility index (Phi) is 6.42. The number of amides is 1. The van der Waals surface area contributed by atoms with Gasteiger partial charge in [0.1, 0.15) is 0 Å². The van der Waals surface area contributed by atoms with E-state index in [4.69, 9.17) is 23.2 Å². The standard InChI is InChI=1S/C19H20Cl2N2O3S/c20-16-4-1-15(2-5-16)3-10-19(24)22-11-13-23(14-12-22)27(25,26)18-8-6-17(21)7-9-18/h1-2,4-9H,3,10-14H2. The second-order valence-corrected chi connectivity index (χ2v) is 9.18. The molecule has 0 aromatic heterocycles. The molecule has 0 atom stereocenters. The summed E-state index contributed by atoms with van der Waals surface area (Å²) in [6, 6.07) is 13.6. The Bertz CT molecular complexity index is 892. The molecule has 0 saturated carbocycles. The molecule has 8 heteroatoms. The van der Waals surface area contributed by atoms with E-state index >= 15 is 0 Å². The molecule has 0 aliphatic carbocycles. The van der Waals surface area contributed by atoms with Crippen molar-refractivity contribution in [2.45, 2.75) is 17.7 Å². The monoisotopic (exact) mass is 426 g/mol. The van der Waals surface area contributed by atoms with Crippen LogP contribution >= 0.6 is 23.2 Å². The van der Waals surface area contributed by atoms with Crippen LogP contribution in [0.3, 0.4) is 0 Å². The lowest BCUT2D eigenvalue weighted by molar-refractivity contribution is -0.132. The van der Waals surface area contributed by atoms with Crippen molar-refractivity contribution in [3.05, 3.63) is 64.1 Å². The van der Waals surface area contributed by atoms with Crippen molar-refractivity contribution >= 4 is 39.1 Å². The first-order chi connectivity index (χ1) is 12.9. The van der Waals surface area contributed by atoms with Gasteiger partial charge in [0.05, 0.1) is 4.90 Å². The fourth-order valence-corrected chi connectivity index (χ4v) is 4.67. The molecule has 1 amide bonds. The van der Waals surface area contributed by atoms with E-state index in [2.05, 4.69) is 0 Å². The Morgan fingerprint density at radius 1 is 0.852 bits per heavy atom. The summed E-state index contributed by atoms with van der Waals surface area (Å²) in [5, 5.41) is 1.16. The molecule has 2 aromatic carbocycles. The molecule has 1 aliphatic heterocycles. The predicted molar refractivity (Wildman–Crippen MR) is 107 cm³/mol. The largest absolute Gasteiger partial charge is 0.340 e. The fourth-order valence-electron chi connectivity index (χ4n) is 2.99. The van der Waals surface area contributed by atoms with E-state index in [1.165, 1.54) is 16.4 Å². The summed E-state index contributed by atoms with van der Waals surface area (Å²) < 4.78 is 26.8. The average Bonchev–Trinajstić information content (AvgIpc) is 2.68. The lowest BCUT2D eigenvalue weighted by atomic mass is 10.1. The van der Waals surface area contributed by atoms with Crippen LogP contribution in [-0.2, 0) is 21.2 Å². The van der Waals surface area contributed by atoms with Crippen LogP contribution in [-0.4, -0.2) is 49.7 Å². The summed E-state index contributed by atoms with van der Waals surface area (Å²) in [5.74, 6) is 0.0356. The maximum Gasteiger partial charge on any atom is 0.243 e. The predicted octanol–water partition coefficient (Wildman–Crippen LogP) is 3.46. The number of carbonyl (C=O) groups excluding carboxylic acids is 1. The molecule has 1 aliphatic rings. The number of hydrogen-bond acceptors (Lipinski definition) is 3. The van der Waals surface area contributed by atoms with E-state index in [9.17, 15) is 13.2 Å². The first-order valence-corrected chi connectivity index (χ1v) is 10.8. The molecular formula is C19H20Cl2N2O3S. The summed E-state index contributed by atoms with van der Waals surface area (Å²) in [5.41, 5.74) is 1.05. The summed E-state index contributed by atoms with van der Waals surface area (Å²) in [4.78, 5) is 14.4. The summed E-state index contributed by atoms with van der Waals surface area (Å²) in [7, 11) is -3.56. The number of nitrogens with zero attached hydrogens (tertiary/aromatic N) is 2. The number of aryl methyl sites for hydroxylation is 1. The highest BCUT2D eigenvalue weighted by molar-refractivity contribution is 7.89. The van der Waals surface area contributed by atoms with Gasteiger partial charge >= 0.3 is 0 Å². The Hall–Kier alpha value is -1.60. The Morgan fingerprint density at radius 3 is 1.93 bits per heavy atom. The van der Waals surface area contributed by atoms with Gasteiger partial charge in [-0.3, -0.25) is 4.79 Å². The molecule has 5 nitrogen and oxygen atoms in total. The van der Waals surface area contributed by atoms with Gasteiger partial charge in [0, 0.05) is 42.6 Å². The SMILES string of the molecule is O=C(CCc1ccc(Cl)cc1)N1CCN(S(=O)(=O)c2ccc(Cl)cc2)CC1. The molecule has 2 aromatic rings. The molecule has 0 spiro atoms. The second-order valence-electron chi connectivity index (χ2n) is 6.37. The van der Waals surface area contributed by atoms with E-state index in [1.54, 1.807) is 17.0 Å². The van der Waals surface area contributed by atoms with Crippen LogP contribution in [0.1, 0.15) is 12.0 Å². The molecule has 0 radical (unpaired) electrons. The number of rotatable bonds is 5. The molecule has 27 heavy (non-hydrogen) atoms. The lowest BCUT2D eigenvalue weighted by Crippen LogP contribution is -2.50. The van der Waals surface area contributed by atoms with Gasteiger partial charge in [-0.15, -0.1) is 0 Å². The van der Waals surface area contributed by atoms with E-state index in [1.807, 2.05) is 24.3 Å². The van der Waals surface area contributed by atoms with Crippen LogP contribution < -0.4 is 0 Å². The van der Waals surface area contributed by atoms with Crippen LogP contribution in [0.15, 0.2) is 53.4 Å². The van der Waals surface area contributed by atoms with Gasteiger partial charge in [0.15, 0.2) is 0 Å². The minimum absolute atomic E-state index is 0.0356. The van der Waals surface area contributed by atoms with Gasteiger partial charge in [-0.2, -0.15) is 4.31 Å². The Balaban J connectivity index is 1.54. The van der Waals surface area contributed by atoms with Gasteiger partial charge in [-0.25, -0.2) is 8.42 Å². The first kappa shape index (κ1) is 20.1. The van der Waals surface area contributed by atoms with Crippen LogP contribution in [0.4, 0.5) is 0 Å². The molecule has 3 rings (SSSR count). The van der Waals surface area contributed by atoms with Gasteiger partial charge in [0.2, 0.25) is 15.9 Å². The molecule has 1 fully saturated rings. The summed E-state index contributed by atoms with van der Waals surface area (Å²) >= 11 is 11.7. The van der Waals surface area contributed by atoms with Crippen LogP contribution in [0.5, 0.6) is 0 Å². The maximum absolute atomic E-state index is 12.7. The van der Waals surface area contributed by atoms with Crippen molar-refractivity contribution in [2.75, 3.05) is 26.2 Å². The third-order valence-corrected chi connectivity index (χ3v) is 7.00. The van der Waals surface area contributed by atoms with Crippen molar-refractivity contribution in [1.29, 1.82) is 0 Å². The van der Waals surface area contributed by atoms with E-state index in [0.717, 1.165) is 5.56 Å². The highest BCUT2D eigenvalue weighted by Crippen LogP contribution is 2.20. The van der Waals surface area contributed by atoms with Crippen LogP contribution in [0.2, 0.25) is 10.0 Å². The zero-order valence-electron chi connectivity index (χ0n) is 14.6. The van der Waals surface area contributed by atoms with Crippen molar-refractivity contribution in [3.8, 4) is 0 Å². The van der Waals surface area contributed by atoms with E-state index in [-0.39, 0.29) is 23.9 Å². The number of hydrogen-bond donors (Lipinski definition) is 0. The zero-order valence-corrected chi connectivity index (χ0v) is 17.0. The van der Waals surface area contributed by atoms with Crippen molar-refractivity contribution in [1.82, 2.24) is 9.21 Å². The minimum Gasteiger partial charge on any atom is -0.340 e. The number of halogens is 2. The lowest BCUT2D eigenvalue weighted by Gasteiger charge is -2.34. The number of piperazine rings is 1. The second kappa shape index (κ2) is 8.61. The molecular weight excluding hydrogens is 407 g/mol. The smallest absolute Gasteiger partial charge is 0.243 e. The van der Waals surface area contributed by atoms with E-state index < -0.39 is 10.0 Å². The Morgan fingerprint density at radius 2 is 1.37 bits per heavy atom. The molecule has 0 unspecified atom stereocenters. The minimum atomic E-state index is -3.56.